The van der Waals surface area contributed by atoms with Crippen LogP contribution in [0.3, 0.4) is 0 Å². The van der Waals surface area contributed by atoms with Gasteiger partial charge in [-0.05, 0) is 18.6 Å². The second kappa shape index (κ2) is 5.32. The van der Waals surface area contributed by atoms with Gasteiger partial charge in [-0.3, -0.25) is 4.79 Å². The maximum atomic E-state index is 12.7. The van der Waals surface area contributed by atoms with E-state index in [2.05, 4.69) is 0 Å². The van der Waals surface area contributed by atoms with E-state index in [4.69, 9.17) is 23.2 Å². The molecule has 100 valence electrons. The number of rotatable bonds is 3. The molecule has 1 aromatic carbocycles. The van der Waals surface area contributed by atoms with E-state index >= 15 is 0 Å². The highest BCUT2D eigenvalue weighted by atomic mass is 35.5. The maximum Gasteiger partial charge on any atom is 0.383 e. The number of nitrogens with one attached hydrogen (secondary N) is 1. The summed E-state index contributed by atoms with van der Waals surface area (Å²) < 4.78 is 49.4. The van der Waals surface area contributed by atoms with Crippen LogP contribution in [0.5, 0.6) is 0 Å². The molecule has 8 heteroatoms. The van der Waals surface area contributed by atoms with E-state index in [1.807, 2.05) is 0 Å². The first-order chi connectivity index (χ1) is 8.17. The average molecular weight is 304 g/mol. The van der Waals surface area contributed by atoms with Gasteiger partial charge in [0.15, 0.2) is 0 Å². The van der Waals surface area contributed by atoms with Crippen LogP contribution in [0.4, 0.5) is 23.2 Å². The van der Waals surface area contributed by atoms with E-state index in [1.165, 1.54) is 12.1 Å². The molecule has 1 amide bonds. The van der Waals surface area contributed by atoms with Gasteiger partial charge in [0.25, 0.3) is 0 Å². The fourth-order valence-corrected chi connectivity index (χ4v) is 1.53. The molecule has 1 rings (SSSR count). The number of hydrogen-bond acceptors (Lipinski definition) is 1. The lowest BCUT2D eigenvalue weighted by atomic mass is 10.2. The number of carbonyl (C=O) groups is 1. The van der Waals surface area contributed by atoms with Gasteiger partial charge in [-0.2, -0.15) is 8.78 Å². The van der Waals surface area contributed by atoms with Crippen LogP contribution in [0.25, 0.3) is 0 Å². The van der Waals surface area contributed by atoms with Crippen LogP contribution in [-0.2, 0) is 4.79 Å². The molecule has 0 saturated heterocycles. The molecule has 18 heavy (non-hydrogen) atoms. The number of anilines is 1. The van der Waals surface area contributed by atoms with E-state index in [9.17, 15) is 22.4 Å². The molecule has 0 fully saturated rings. The Morgan fingerprint density at radius 2 is 1.89 bits per heavy atom. The summed E-state index contributed by atoms with van der Waals surface area (Å²) in [6.07, 6.45) is -4.11. The molecule has 0 heterocycles. The van der Waals surface area contributed by atoms with Gasteiger partial charge in [0, 0.05) is 0 Å². The van der Waals surface area contributed by atoms with Crippen molar-refractivity contribution in [3.63, 3.8) is 0 Å². The number of halogens is 6. The van der Waals surface area contributed by atoms with Crippen LogP contribution in [0, 0.1) is 6.92 Å². The van der Waals surface area contributed by atoms with Crippen LogP contribution < -0.4 is 5.32 Å². The van der Waals surface area contributed by atoms with Crippen molar-refractivity contribution in [2.24, 2.45) is 0 Å². The molecule has 0 bridgehead atoms. The van der Waals surface area contributed by atoms with Gasteiger partial charge < -0.3 is 5.32 Å². The summed E-state index contributed by atoms with van der Waals surface area (Å²) in [6.45, 7) is 1.54. The van der Waals surface area contributed by atoms with Crippen LogP contribution in [0.2, 0.25) is 10.0 Å². The number of benzene rings is 1. The summed E-state index contributed by atoms with van der Waals surface area (Å²) >= 11 is 11.4. The summed E-state index contributed by atoms with van der Waals surface area (Å²) in [7, 11) is 0. The number of alkyl halides is 4. The molecule has 0 saturated carbocycles. The fraction of sp³-hybridized carbons (Fsp3) is 0.300. The van der Waals surface area contributed by atoms with Crippen molar-refractivity contribution in [3.8, 4) is 0 Å². The first-order valence-corrected chi connectivity index (χ1v) is 5.35. The molecular formula is C10H7Cl2F4NO. The molecule has 0 radical (unpaired) electrons. The van der Waals surface area contributed by atoms with Gasteiger partial charge in [0.05, 0.1) is 15.7 Å². The summed E-state index contributed by atoms with van der Waals surface area (Å²) in [6, 6.07) is 2.80. The highest BCUT2D eigenvalue weighted by molar-refractivity contribution is 6.40. The van der Waals surface area contributed by atoms with Crippen molar-refractivity contribution >= 4 is 34.8 Å². The standard InChI is InChI=1S/C10H7Cl2F4NO/c1-4-2-3-5(11)7(6(4)12)17-9(18)10(15,16)8(13)14/h2-3,8H,1H3,(H,17,18). The van der Waals surface area contributed by atoms with Gasteiger partial charge in [0.2, 0.25) is 0 Å². The third-order valence-corrected chi connectivity index (χ3v) is 2.90. The summed E-state index contributed by atoms with van der Waals surface area (Å²) in [5.41, 5.74) is 0.139. The average Bonchev–Trinajstić information content (AvgIpc) is 2.29. The Labute approximate surface area is 110 Å². The predicted molar refractivity (Wildman–Crippen MR) is 60.8 cm³/mol. The second-order valence-electron chi connectivity index (χ2n) is 3.43. The number of amides is 1. The van der Waals surface area contributed by atoms with Gasteiger partial charge in [-0.25, -0.2) is 8.78 Å². The third kappa shape index (κ3) is 2.87. The van der Waals surface area contributed by atoms with Gasteiger partial charge in [0.1, 0.15) is 0 Å². The minimum atomic E-state index is -4.81. The van der Waals surface area contributed by atoms with Crippen LogP contribution >= 0.6 is 23.2 Å². The van der Waals surface area contributed by atoms with Gasteiger partial charge in [-0.1, -0.05) is 29.3 Å². The third-order valence-electron chi connectivity index (χ3n) is 2.10. The van der Waals surface area contributed by atoms with Crippen LogP contribution in [0.15, 0.2) is 12.1 Å². The van der Waals surface area contributed by atoms with Crippen molar-refractivity contribution in [1.29, 1.82) is 0 Å². The Morgan fingerprint density at radius 1 is 1.33 bits per heavy atom. The zero-order chi connectivity index (χ0) is 14.1. The highest BCUT2D eigenvalue weighted by Crippen LogP contribution is 2.34. The molecule has 0 atom stereocenters. The quantitative estimate of drug-likeness (QED) is 0.835. The molecule has 1 aromatic rings. The Balaban J connectivity index is 3.06. The first kappa shape index (κ1) is 15.0. The molecule has 0 unspecified atom stereocenters. The normalized spacial score (nSPS) is 11.8. The first-order valence-electron chi connectivity index (χ1n) is 4.60. The van der Waals surface area contributed by atoms with Crippen molar-refractivity contribution < 1.29 is 22.4 Å². The van der Waals surface area contributed by atoms with Crippen molar-refractivity contribution in [1.82, 2.24) is 0 Å². The van der Waals surface area contributed by atoms with Crippen molar-refractivity contribution in [2.45, 2.75) is 19.3 Å². The Kier molecular flexibility index (Phi) is 4.45. The highest BCUT2D eigenvalue weighted by Gasteiger charge is 2.49. The lowest BCUT2D eigenvalue weighted by Crippen LogP contribution is -2.41. The number of hydrogen-bond donors (Lipinski definition) is 1. The smallest absolute Gasteiger partial charge is 0.318 e. The minimum absolute atomic E-state index is 0.0825. The summed E-state index contributed by atoms with van der Waals surface area (Å²) in [5.74, 6) is -6.97. The van der Waals surface area contributed by atoms with Crippen LogP contribution in [-0.4, -0.2) is 18.3 Å². The Bertz CT molecular complexity index is 479. The lowest BCUT2D eigenvalue weighted by molar-refractivity contribution is -0.163. The predicted octanol–water partition coefficient (Wildman–Crippen LogP) is 4.14. The van der Waals surface area contributed by atoms with E-state index in [-0.39, 0.29) is 15.7 Å². The number of aryl methyl sites for hydroxylation is 1. The zero-order valence-electron chi connectivity index (χ0n) is 8.91. The fourth-order valence-electron chi connectivity index (χ4n) is 1.07. The maximum absolute atomic E-state index is 12.7. The van der Waals surface area contributed by atoms with E-state index in [1.54, 1.807) is 12.2 Å². The SMILES string of the molecule is Cc1ccc(Cl)c(NC(=O)C(F)(F)C(F)F)c1Cl. The molecule has 2 nitrogen and oxygen atoms in total. The minimum Gasteiger partial charge on any atom is -0.318 e. The lowest BCUT2D eigenvalue weighted by Gasteiger charge is -2.16. The van der Waals surface area contributed by atoms with E-state index in [0.717, 1.165) is 0 Å². The zero-order valence-corrected chi connectivity index (χ0v) is 10.4. The van der Waals surface area contributed by atoms with Crippen molar-refractivity contribution in [2.75, 3.05) is 5.32 Å². The Hall–Kier alpha value is -1.01. The van der Waals surface area contributed by atoms with Gasteiger partial charge in [-0.15, -0.1) is 0 Å². The molecule has 0 aliphatic heterocycles. The topological polar surface area (TPSA) is 29.1 Å². The van der Waals surface area contributed by atoms with Crippen LogP contribution in [0.1, 0.15) is 5.56 Å². The molecular weight excluding hydrogens is 297 g/mol. The molecule has 0 aromatic heterocycles. The second-order valence-corrected chi connectivity index (χ2v) is 4.22. The Morgan fingerprint density at radius 3 is 2.39 bits per heavy atom. The van der Waals surface area contributed by atoms with E-state index < -0.39 is 18.3 Å². The molecule has 0 spiro atoms. The molecule has 0 aliphatic rings. The monoisotopic (exact) mass is 303 g/mol. The molecule has 0 aliphatic carbocycles. The van der Waals surface area contributed by atoms with Crippen molar-refractivity contribution in [3.05, 3.63) is 27.7 Å². The largest absolute Gasteiger partial charge is 0.383 e. The number of carbonyl (C=O) groups excluding carboxylic acids is 1. The van der Waals surface area contributed by atoms with E-state index in [0.29, 0.717) is 5.56 Å². The van der Waals surface area contributed by atoms with Gasteiger partial charge >= 0.3 is 18.3 Å². The molecule has 1 N–H and O–H groups in total. The summed E-state index contributed by atoms with van der Waals surface area (Å²) in [4.78, 5) is 11.0. The summed E-state index contributed by atoms with van der Waals surface area (Å²) in [5, 5.41) is 1.40.